The van der Waals surface area contributed by atoms with Crippen molar-refractivity contribution in [2.45, 2.75) is 6.04 Å². The lowest BCUT2D eigenvalue weighted by Gasteiger charge is -2.39. The van der Waals surface area contributed by atoms with Crippen LogP contribution in [0.15, 0.2) is 30.3 Å². The third-order valence-corrected chi connectivity index (χ3v) is 3.74. The zero-order valence-corrected chi connectivity index (χ0v) is 13.4. The van der Waals surface area contributed by atoms with E-state index in [4.69, 9.17) is 4.74 Å². The molecule has 2 amide bonds. The highest BCUT2D eigenvalue weighted by Gasteiger charge is 2.35. The van der Waals surface area contributed by atoms with E-state index in [0.29, 0.717) is 18.8 Å². The fourth-order valence-corrected chi connectivity index (χ4v) is 2.47. The highest BCUT2D eigenvalue weighted by atomic mass is 16.5. The Bertz CT molecular complexity index is 519. The maximum Gasteiger partial charge on any atom is 0.261 e. The summed E-state index contributed by atoms with van der Waals surface area (Å²) in [6, 6.07) is 8.77. The molecule has 0 aliphatic carbocycles. The second-order valence-electron chi connectivity index (χ2n) is 5.70. The van der Waals surface area contributed by atoms with Gasteiger partial charge in [0.25, 0.3) is 5.91 Å². The molecule has 0 aromatic heterocycles. The maximum absolute atomic E-state index is 12.4. The molecule has 6 nitrogen and oxygen atoms in total. The van der Waals surface area contributed by atoms with Crippen LogP contribution in [0.2, 0.25) is 0 Å². The van der Waals surface area contributed by atoms with Crippen molar-refractivity contribution in [3.8, 4) is 5.75 Å². The lowest BCUT2D eigenvalue weighted by atomic mass is 10.1. The predicted molar refractivity (Wildman–Crippen MR) is 83.6 cm³/mol. The molecule has 6 heteroatoms. The van der Waals surface area contributed by atoms with Crippen LogP contribution in [0.1, 0.15) is 0 Å². The minimum Gasteiger partial charge on any atom is -0.484 e. The Hall–Kier alpha value is -2.08. The molecule has 1 saturated heterocycles. The van der Waals surface area contributed by atoms with Gasteiger partial charge in [0.15, 0.2) is 6.61 Å². The molecular formula is C16H23N3O3. The summed E-state index contributed by atoms with van der Waals surface area (Å²) >= 11 is 0. The molecular weight excluding hydrogens is 282 g/mol. The van der Waals surface area contributed by atoms with Gasteiger partial charge >= 0.3 is 0 Å². The van der Waals surface area contributed by atoms with E-state index >= 15 is 0 Å². The molecule has 0 saturated carbocycles. The van der Waals surface area contributed by atoms with E-state index < -0.39 is 6.04 Å². The van der Waals surface area contributed by atoms with E-state index in [1.807, 2.05) is 25.2 Å². The van der Waals surface area contributed by atoms with E-state index in [1.165, 1.54) is 4.90 Å². The number of likely N-dealkylation sites (N-methyl/N-ethyl adjacent to an activating group) is 2. The molecule has 0 bridgehead atoms. The van der Waals surface area contributed by atoms with Gasteiger partial charge in [-0.2, -0.15) is 0 Å². The quantitative estimate of drug-likeness (QED) is 0.803. The number of amides is 2. The number of carbonyl (C=O) groups excluding carboxylic acids is 2. The molecule has 1 aliphatic heterocycles. The zero-order chi connectivity index (χ0) is 16.1. The first-order valence-corrected chi connectivity index (χ1v) is 7.36. The molecule has 0 unspecified atom stereocenters. The monoisotopic (exact) mass is 305 g/mol. The van der Waals surface area contributed by atoms with Gasteiger partial charge < -0.3 is 19.4 Å². The van der Waals surface area contributed by atoms with Crippen molar-refractivity contribution >= 4 is 11.8 Å². The van der Waals surface area contributed by atoms with E-state index in [9.17, 15) is 9.59 Å². The number of benzene rings is 1. The molecule has 1 atom stereocenters. The second kappa shape index (κ2) is 7.26. The average molecular weight is 305 g/mol. The van der Waals surface area contributed by atoms with Crippen LogP contribution >= 0.6 is 0 Å². The summed E-state index contributed by atoms with van der Waals surface area (Å²) in [6.45, 7) is 1.80. The fourth-order valence-electron chi connectivity index (χ4n) is 2.47. The number of carbonyl (C=O) groups is 2. The molecule has 1 fully saturated rings. The molecule has 120 valence electrons. The summed E-state index contributed by atoms with van der Waals surface area (Å²) in [6.07, 6.45) is 0. The molecule has 0 radical (unpaired) electrons. The van der Waals surface area contributed by atoms with Crippen molar-refractivity contribution < 1.29 is 14.3 Å². The SMILES string of the molecule is CN1CCN(C(=O)COc2ccccc2)[C@H](C(=O)N(C)C)C1. The molecule has 1 aliphatic rings. The van der Waals surface area contributed by atoms with Gasteiger partial charge in [-0.05, 0) is 19.2 Å². The molecule has 1 heterocycles. The Morgan fingerprint density at radius 3 is 2.55 bits per heavy atom. The molecule has 1 aromatic carbocycles. The summed E-state index contributed by atoms with van der Waals surface area (Å²) < 4.78 is 5.51. The highest BCUT2D eigenvalue weighted by molar-refractivity contribution is 5.88. The largest absolute Gasteiger partial charge is 0.484 e. The number of hydrogen-bond donors (Lipinski definition) is 0. The van der Waals surface area contributed by atoms with Crippen molar-refractivity contribution in [2.24, 2.45) is 0 Å². The molecule has 0 N–H and O–H groups in total. The van der Waals surface area contributed by atoms with Crippen LogP contribution < -0.4 is 4.74 Å². The van der Waals surface area contributed by atoms with Gasteiger partial charge in [-0.3, -0.25) is 9.59 Å². The number of hydrogen-bond acceptors (Lipinski definition) is 4. The third kappa shape index (κ3) is 3.98. The van der Waals surface area contributed by atoms with E-state index in [-0.39, 0.29) is 18.4 Å². The normalized spacial score (nSPS) is 18.9. The van der Waals surface area contributed by atoms with Crippen molar-refractivity contribution in [3.05, 3.63) is 30.3 Å². The summed E-state index contributed by atoms with van der Waals surface area (Å²) in [5, 5.41) is 0. The first-order valence-electron chi connectivity index (χ1n) is 7.36. The van der Waals surface area contributed by atoms with Crippen LogP contribution in [0.25, 0.3) is 0 Å². The highest BCUT2D eigenvalue weighted by Crippen LogP contribution is 2.13. The summed E-state index contributed by atoms with van der Waals surface area (Å²) in [4.78, 5) is 29.9. The van der Waals surface area contributed by atoms with Gasteiger partial charge in [-0.15, -0.1) is 0 Å². The van der Waals surface area contributed by atoms with Crippen LogP contribution in [0.4, 0.5) is 0 Å². The fraction of sp³-hybridized carbons (Fsp3) is 0.500. The topological polar surface area (TPSA) is 53.1 Å². The second-order valence-corrected chi connectivity index (χ2v) is 5.70. The van der Waals surface area contributed by atoms with Gasteiger partial charge in [0.2, 0.25) is 5.91 Å². The lowest BCUT2D eigenvalue weighted by molar-refractivity contribution is -0.148. The van der Waals surface area contributed by atoms with Crippen molar-refractivity contribution in [3.63, 3.8) is 0 Å². The Balaban J connectivity index is 2.00. The number of ether oxygens (including phenoxy) is 1. The number of piperazine rings is 1. The van der Waals surface area contributed by atoms with E-state index in [2.05, 4.69) is 4.90 Å². The molecule has 2 rings (SSSR count). The molecule has 0 spiro atoms. The predicted octanol–water partition coefficient (Wildman–Crippen LogP) is 0.296. The van der Waals surface area contributed by atoms with Crippen LogP contribution in [0.3, 0.4) is 0 Å². The van der Waals surface area contributed by atoms with Gasteiger partial charge in [0.05, 0.1) is 0 Å². The first-order chi connectivity index (χ1) is 10.5. The van der Waals surface area contributed by atoms with Crippen molar-refractivity contribution in [1.82, 2.24) is 14.7 Å². The third-order valence-electron chi connectivity index (χ3n) is 3.74. The molecule has 22 heavy (non-hydrogen) atoms. The van der Waals surface area contributed by atoms with Crippen LogP contribution in [-0.4, -0.2) is 79.9 Å². The van der Waals surface area contributed by atoms with Crippen LogP contribution in [-0.2, 0) is 9.59 Å². The minimum absolute atomic E-state index is 0.0507. The maximum atomic E-state index is 12.4. The Labute approximate surface area is 131 Å². The standard InChI is InChI=1S/C16H23N3O3/c1-17(2)16(21)14-11-18(3)9-10-19(14)15(20)12-22-13-7-5-4-6-8-13/h4-8,14H,9-12H2,1-3H3/t14-/m0/s1. The Morgan fingerprint density at radius 1 is 1.23 bits per heavy atom. The minimum atomic E-state index is -0.444. The molecule has 1 aromatic rings. The number of nitrogens with zero attached hydrogens (tertiary/aromatic N) is 3. The first kappa shape index (κ1) is 16.3. The van der Waals surface area contributed by atoms with Crippen molar-refractivity contribution in [1.29, 1.82) is 0 Å². The van der Waals surface area contributed by atoms with Crippen LogP contribution in [0, 0.1) is 0 Å². The van der Waals surface area contributed by atoms with Crippen LogP contribution in [0.5, 0.6) is 5.75 Å². The Morgan fingerprint density at radius 2 is 1.91 bits per heavy atom. The van der Waals surface area contributed by atoms with Gasteiger partial charge in [0, 0.05) is 33.7 Å². The van der Waals surface area contributed by atoms with Crippen molar-refractivity contribution in [2.75, 3.05) is 47.4 Å². The van der Waals surface area contributed by atoms with E-state index in [1.54, 1.807) is 31.1 Å². The zero-order valence-electron chi connectivity index (χ0n) is 13.4. The van der Waals surface area contributed by atoms with Gasteiger partial charge in [-0.1, -0.05) is 18.2 Å². The summed E-state index contributed by atoms with van der Waals surface area (Å²) in [5.41, 5.74) is 0. The lowest BCUT2D eigenvalue weighted by Crippen LogP contribution is -2.60. The smallest absolute Gasteiger partial charge is 0.261 e. The average Bonchev–Trinajstić information content (AvgIpc) is 2.52. The van der Waals surface area contributed by atoms with Gasteiger partial charge in [0.1, 0.15) is 11.8 Å². The van der Waals surface area contributed by atoms with E-state index in [0.717, 1.165) is 6.54 Å². The Kier molecular flexibility index (Phi) is 5.38. The summed E-state index contributed by atoms with van der Waals surface area (Å²) in [7, 11) is 5.37. The van der Waals surface area contributed by atoms with Gasteiger partial charge in [-0.25, -0.2) is 0 Å². The summed E-state index contributed by atoms with van der Waals surface area (Å²) in [5.74, 6) is 0.442. The number of rotatable bonds is 4. The number of para-hydroxylation sites is 1.